The molecule has 0 aliphatic heterocycles. The number of rotatable bonds is 5. The molecule has 154 valence electrons. The minimum Gasteiger partial charge on any atom is -0.338 e. The zero-order chi connectivity index (χ0) is 21.4. The molecule has 0 aliphatic rings. The van der Waals surface area contributed by atoms with Crippen LogP contribution < -0.4 is 0 Å². The largest absolute Gasteiger partial charge is 0.338 e. The van der Waals surface area contributed by atoms with E-state index in [0.29, 0.717) is 6.04 Å². The first-order valence-electron chi connectivity index (χ1n) is 11.4. The van der Waals surface area contributed by atoms with E-state index >= 15 is 0 Å². The van der Waals surface area contributed by atoms with E-state index < -0.39 is 0 Å². The highest BCUT2D eigenvalue weighted by atomic mass is 15.0. The van der Waals surface area contributed by atoms with Gasteiger partial charge in [-0.3, -0.25) is 0 Å². The van der Waals surface area contributed by atoms with E-state index in [1.165, 1.54) is 56.0 Å². The van der Waals surface area contributed by atoms with Crippen LogP contribution in [0, 0.1) is 0 Å². The van der Waals surface area contributed by atoms with E-state index in [2.05, 4.69) is 116 Å². The average molecular weight is 404 g/mol. The molecule has 0 bridgehead atoms. The quantitative estimate of drug-likeness (QED) is 0.277. The monoisotopic (exact) mass is 403 g/mol. The third kappa shape index (κ3) is 3.55. The molecule has 0 aliphatic carbocycles. The van der Waals surface area contributed by atoms with Gasteiger partial charge >= 0.3 is 0 Å². The fraction of sp³-hybridized carbons (Fsp3) is 0.200. The van der Waals surface area contributed by atoms with Crippen molar-refractivity contribution in [1.82, 2.24) is 4.57 Å². The summed E-state index contributed by atoms with van der Waals surface area (Å²) in [5, 5.41) is 2.66. The number of hydrogen-bond acceptors (Lipinski definition) is 0. The molecule has 4 aromatic carbocycles. The highest BCUT2D eigenvalue weighted by Crippen LogP contribution is 2.35. The summed E-state index contributed by atoms with van der Waals surface area (Å²) in [6, 6.07) is 34.0. The number of hydrogen-bond donors (Lipinski definition) is 0. The molecule has 1 heterocycles. The van der Waals surface area contributed by atoms with Crippen molar-refractivity contribution in [3.63, 3.8) is 0 Å². The van der Waals surface area contributed by atoms with Crippen LogP contribution in [0.3, 0.4) is 0 Å². The van der Waals surface area contributed by atoms with Crippen LogP contribution in [0.1, 0.15) is 38.8 Å². The number of aryl methyl sites for hydroxylation is 1. The Morgan fingerprint density at radius 1 is 0.613 bits per heavy atom. The molecule has 1 heteroatoms. The molecule has 5 rings (SSSR count). The Labute approximate surface area is 185 Å². The molecule has 0 saturated heterocycles. The average Bonchev–Trinajstić information content (AvgIpc) is 3.14. The van der Waals surface area contributed by atoms with Gasteiger partial charge in [0.25, 0.3) is 0 Å². The van der Waals surface area contributed by atoms with E-state index in [9.17, 15) is 0 Å². The van der Waals surface area contributed by atoms with Crippen molar-refractivity contribution < 1.29 is 0 Å². The summed E-state index contributed by atoms with van der Waals surface area (Å²) in [5.74, 6) is 0. The second kappa shape index (κ2) is 8.07. The first-order chi connectivity index (χ1) is 15.2. The first kappa shape index (κ1) is 19.6. The molecule has 0 N–H and O–H groups in total. The molecule has 0 saturated carbocycles. The number of aromatic nitrogens is 1. The van der Waals surface area contributed by atoms with Crippen LogP contribution in [0.4, 0.5) is 0 Å². The lowest BCUT2D eigenvalue weighted by molar-refractivity contribution is 0.642. The third-order valence-electron chi connectivity index (χ3n) is 6.27. The van der Waals surface area contributed by atoms with E-state index in [-0.39, 0.29) is 0 Å². The lowest BCUT2D eigenvalue weighted by Gasteiger charge is -2.11. The summed E-state index contributed by atoms with van der Waals surface area (Å²) in [5.41, 5.74) is 9.11. The SMILES string of the molecule is CCCc1ccc(-c2ccc(-c3ccc4c(c3)c3ccccc3n4C(C)C)cc2)cc1. The molecule has 1 aromatic heterocycles. The molecule has 0 fully saturated rings. The standard InChI is InChI=1S/C30H29N/c1-4-7-22-10-12-23(13-11-22)24-14-16-25(17-15-24)26-18-19-30-28(20-26)27-8-5-6-9-29(27)31(30)21(2)3/h5-6,8-21H,4,7H2,1-3H3. The van der Waals surface area contributed by atoms with Gasteiger partial charge in [0, 0.05) is 27.8 Å². The van der Waals surface area contributed by atoms with E-state index in [1.54, 1.807) is 0 Å². The van der Waals surface area contributed by atoms with Crippen molar-refractivity contribution in [1.29, 1.82) is 0 Å². The fourth-order valence-corrected chi connectivity index (χ4v) is 4.75. The van der Waals surface area contributed by atoms with Crippen molar-refractivity contribution in [2.24, 2.45) is 0 Å². The zero-order valence-electron chi connectivity index (χ0n) is 18.6. The van der Waals surface area contributed by atoms with Gasteiger partial charge in [-0.05, 0) is 66.3 Å². The number of fused-ring (bicyclic) bond motifs is 3. The normalized spacial score (nSPS) is 11.6. The van der Waals surface area contributed by atoms with Gasteiger partial charge < -0.3 is 4.57 Å². The topological polar surface area (TPSA) is 4.93 Å². The Morgan fingerprint density at radius 3 is 1.81 bits per heavy atom. The minimum atomic E-state index is 0.427. The summed E-state index contributed by atoms with van der Waals surface area (Å²) >= 11 is 0. The molecular formula is C30H29N. The summed E-state index contributed by atoms with van der Waals surface area (Å²) < 4.78 is 2.44. The fourth-order valence-electron chi connectivity index (χ4n) is 4.75. The predicted molar refractivity (Wildman–Crippen MR) is 135 cm³/mol. The number of nitrogens with zero attached hydrogens (tertiary/aromatic N) is 1. The Kier molecular flexibility index (Phi) is 5.11. The lowest BCUT2D eigenvalue weighted by atomic mass is 9.98. The molecule has 0 atom stereocenters. The van der Waals surface area contributed by atoms with Gasteiger partial charge in [-0.15, -0.1) is 0 Å². The van der Waals surface area contributed by atoms with E-state index in [1.807, 2.05) is 0 Å². The molecule has 0 unspecified atom stereocenters. The van der Waals surface area contributed by atoms with Crippen LogP contribution in [0.25, 0.3) is 44.1 Å². The molecule has 0 radical (unpaired) electrons. The molecule has 0 amide bonds. The number of para-hydroxylation sites is 1. The zero-order valence-corrected chi connectivity index (χ0v) is 18.6. The van der Waals surface area contributed by atoms with Crippen LogP contribution >= 0.6 is 0 Å². The number of benzene rings is 4. The van der Waals surface area contributed by atoms with Gasteiger partial charge in [0.05, 0.1) is 0 Å². The van der Waals surface area contributed by atoms with Gasteiger partial charge in [-0.25, -0.2) is 0 Å². The van der Waals surface area contributed by atoms with Crippen LogP contribution in [0.15, 0.2) is 91.0 Å². The summed E-state index contributed by atoms with van der Waals surface area (Å²) in [7, 11) is 0. The maximum Gasteiger partial charge on any atom is 0.0494 e. The second-order valence-corrected chi connectivity index (χ2v) is 8.74. The van der Waals surface area contributed by atoms with Crippen molar-refractivity contribution >= 4 is 21.8 Å². The lowest BCUT2D eigenvalue weighted by Crippen LogP contribution is -1.99. The molecule has 5 aromatic rings. The summed E-state index contributed by atoms with van der Waals surface area (Å²) in [6.07, 6.45) is 2.34. The predicted octanol–water partition coefficient (Wildman–Crippen LogP) is 8.66. The van der Waals surface area contributed by atoms with Crippen molar-refractivity contribution in [3.05, 3.63) is 96.6 Å². The molecule has 0 spiro atoms. The van der Waals surface area contributed by atoms with Crippen LogP contribution in [0.2, 0.25) is 0 Å². The summed E-state index contributed by atoms with van der Waals surface area (Å²) in [4.78, 5) is 0. The smallest absolute Gasteiger partial charge is 0.0494 e. The van der Waals surface area contributed by atoms with Crippen molar-refractivity contribution in [2.45, 2.75) is 39.7 Å². The van der Waals surface area contributed by atoms with Crippen molar-refractivity contribution in [3.8, 4) is 22.3 Å². The summed E-state index contributed by atoms with van der Waals surface area (Å²) in [6.45, 7) is 6.74. The van der Waals surface area contributed by atoms with Crippen molar-refractivity contribution in [2.75, 3.05) is 0 Å². The van der Waals surface area contributed by atoms with Crippen LogP contribution in [-0.2, 0) is 6.42 Å². The Balaban J connectivity index is 1.53. The highest BCUT2D eigenvalue weighted by molar-refractivity contribution is 6.09. The molecule has 1 nitrogen and oxygen atoms in total. The first-order valence-corrected chi connectivity index (χ1v) is 11.4. The second-order valence-electron chi connectivity index (χ2n) is 8.74. The maximum atomic E-state index is 2.44. The Morgan fingerprint density at radius 2 is 1.16 bits per heavy atom. The molecular weight excluding hydrogens is 374 g/mol. The maximum absolute atomic E-state index is 2.44. The Hall–Kier alpha value is -3.32. The van der Waals surface area contributed by atoms with Crippen LogP contribution in [0.5, 0.6) is 0 Å². The van der Waals surface area contributed by atoms with E-state index in [0.717, 1.165) is 6.42 Å². The highest BCUT2D eigenvalue weighted by Gasteiger charge is 2.13. The van der Waals surface area contributed by atoms with Gasteiger partial charge in [0.1, 0.15) is 0 Å². The molecule has 31 heavy (non-hydrogen) atoms. The van der Waals surface area contributed by atoms with Gasteiger partial charge in [-0.1, -0.05) is 86.1 Å². The van der Waals surface area contributed by atoms with Gasteiger partial charge in [-0.2, -0.15) is 0 Å². The van der Waals surface area contributed by atoms with Gasteiger partial charge in [0.15, 0.2) is 0 Å². The third-order valence-corrected chi connectivity index (χ3v) is 6.27. The van der Waals surface area contributed by atoms with Crippen LogP contribution in [-0.4, -0.2) is 4.57 Å². The Bertz CT molecular complexity index is 1340. The van der Waals surface area contributed by atoms with E-state index in [4.69, 9.17) is 0 Å². The minimum absolute atomic E-state index is 0.427. The van der Waals surface area contributed by atoms with Gasteiger partial charge in [0.2, 0.25) is 0 Å².